The predicted molar refractivity (Wildman–Crippen MR) is 89.2 cm³/mol. The zero-order valence-electron chi connectivity index (χ0n) is 13.9. The maximum Gasteiger partial charge on any atom is 0.640 e. The second-order valence-electron chi connectivity index (χ2n) is 6.39. The van der Waals surface area contributed by atoms with Crippen LogP contribution < -0.4 is 10.2 Å². The Balaban J connectivity index is 1.95. The van der Waals surface area contributed by atoms with Crippen LogP contribution >= 0.6 is 0 Å². The van der Waals surface area contributed by atoms with Gasteiger partial charge in [0, 0.05) is 19.1 Å². The standard InChI is InChI=1S/C16H19BO7S/c1-25(20,21)12-7-8-14(22-10-11-5-6-11)13(9-12)17-23-15(18)3-2-4-16(19)24-17/h7-9,11H,2-6,10H2,1H3. The van der Waals surface area contributed by atoms with Crippen molar-refractivity contribution in [3.63, 3.8) is 0 Å². The maximum absolute atomic E-state index is 11.9. The molecule has 9 heteroatoms. The number of benzene rings is 1. The molecule has 0 bridgehead atoms. The quantitative estimate of drug-likeness (QED) is 0.713. The minimum absolute atomic E-state index is 0.0374. The lowest BCUT2D eigenvalue weighted by Crippen LogP contribution is -2.42. The summed E-state index contributed by atoms with van der Waals surface area (Å²) < 4.78 is 39.9. The number of sulfone groups is 1. The summed E-state index contributed by atoms with van der Waals surface area (Å²) in [6.07, 6.45) is 3.82. The Morgan fingerprint density at radius 1 is 1.16 bits per heavy atom. The normalized spacial score (nSPS) is 18.8. The summed E-state index contributed by atoms with van der Waals surface area (Å²) in [6.45, 7) is 0.486. The van der Waals surface area contributed by atoms with Crippen molar-refractivity contribution in [2.24, 2.45) is 5.92 Å². The summed E-state index contributed by atoms with van der Waals surface area (Å²) in [5.74, 6) is -0.179. The van der Waals surface area contributed by atoms with E-state index in [4.69, 9.17) is 14.0 Å². The topological polar surface area (TPSA) is 96.0 Å². The first-order valence-corrected chi connectivity index (χ1v) is 10.1. The highest BCUT2D eigenvalue weighted by Crippen LogP contribution is 2.29. The van der Waals surface area contributed by atoms with Crippen molar-refractivity contribution in [3.05, 3.63) is 18.2 Å². The Morgan fingerprint density at radius 3 is 2.36 bits per heavy atom. The monoisotopic (exact) mass is 366 g/mol. The van der Waals surface area contributed by atoms with E-state index in [0.717, 1.165) is 19.1 Å². The van der Waals surface area contributed by atoms with Crippen LogP contribution in [0.25, 0.3) is 0 Å². The molecule has 1 aromatic carbocycles. The molecule has 3 rings (SSSR count). The first-order chi connectivity index (χ1) is 11.8. The summed E-state index contributed by atoms with van der Waals surface area (Å²) in [4.78, 5) is 23.7. The van der Waals surface area contributed by atoms with E-state index in [1.54, 1.807) is 0 Å². The lowest BCUT2D eigenvalue weighted by Gasteiger charge is -2.20. The molecular weight excluding hydrogens is 347 g/mol. The van der Waals surface area contributed by atoms with Gasteiger partial charge in [-0.25, -0.2) is 8.42 Å². The van der Waals surface area contributed by atoms with Gasteiger partial charge in [0.15, 0.2) is 9.84 Å². The van der Waals surface area contributed by atoms with Gasteiger partial charge in [0.05, 0.1) is 17.0 Å². The Hall–Kier alpha value is -2.03. The van der Waals surface area contributed by atoms with E-state index < -0.39 is 28.9 Å². The number of hydrogen-bond acceptors (Lipinski definition) is 7. The minimum atomic E-state index is -3.48. The molecule has 0 spiro atoms. The molecule has 1 saturated carbocycles. The largest absolute Gasteiger partial charge is 0.640 e. The second kappa shape index (κ2) is 7.07. The molecule has 0 N–H and O–H groups in total. The Morgan fingerprint density at radius 2 is 1.80 bits per heavy atom. The highest BCUT2D eigenvalue weighted by Gasteiger charge is 2.36. The van der Waals surface area contributed by atoms with E-state index in [1.165, 1.54) is 18.2 Å². The molecule has 2 aliphatic rings. The molecule has 7 nitrogen and oxygen atoms in total. The zero-order valence-corrected chi connectivity index (χ0v) is 14.7. The number of ether oxygens (including phenoxy) is 1. The Kier molecular flexibility index (Phi) is 5.03. The van der Waals surface area contributed by atoms with E-state index in [9.17, 15) is 18.0 Å². The van der Waals surface area contributed by atoms with Crippen LogP contribution in [-0.2, 0) is 28.7 Å². The van der Waals surface area contributed by atoms with Crippen LogP contribution in [0.15, 0.2) is 23.1 Å². The smallest absolute Gasteiger partial charge is 0.495 e. The van der Waals surface area contributed by atoms with E-state index in [-0.39, 0.29) is 23.2 Å². The third kappa shape index (κ3) is 4.75. The van der Waals surface area contributed by atoms with Gasteiger partial charge >= 0.3 is 7.12 Å². The van der Waals surface area contributed by atoms with E-state index in [2.05, 4.69) is 0 Å². The first kappa shape index (κ1) is 17.8. The first-order valence-electron chi connectivity index (χ1n) is 8.18. The highest BCUT2D eigenvalue weighted by atomic mass is 32.2. The molecule has 0 amide bonds. The van der Waals surface area contributed by atoms with Gasteiger partial charge in [0.2, 0.25) is 0 Å². The van der Waals surface area contributed by atoms with Gasteiger partial charge in [-0.05, 0) is 43.4 Å². The molecule has 25 heavy (non-hydrogen) atoms. The fourth-order valence-corrected chi connectivity index (χ4v) is 3.11. The van der Waals surface area contributed by atoms with Crippen molar-refractivity contribution in [2.45, 2.75) is 37.0 Å². The van der Waals surface area contributed by atoms with Gasteiger partial charge in [-0.15, -0.1) is 0 Å². The van der Waals surface area contributed by atoms with Crippen molar-refractivity contribution in [2.75, 3.05) is 12.9 Å². The molecular formula is C16H19BO7S. The summed E-state index contributed by atoms with van der Waals surface area (Å²) in [5.41, 5.74) is 0.229. The molecule has 1 aliphatic carbocycles. The van der Waals surface area contributed by atoms with E-state index >= 15 is 0 Å². The molecule has 2 fully saturated rings. The molecule has 1 aromatic rings. The van der Waals surface area contributed by atoms with Crippen LogP contribution in [0.3, 0.4) is 0 Å². The average molecular weight is 366 g/mol. The van der Waals surface area contributed by atoms with Gasteiger partial charge in [-0.1, -0.05) is 0 Å². The van der Waals surface area contributed by atoms with Gasteiger partial charge < -0.3 is 14.0 Å². The second-order valence-corrected chi connectivity index (χ2v) is 8.41. The van der Waals surface area contributed by atoms with Gasteiger partial charge in [-0.2, -0.15) is 0 Å². The molecule has 1 aliphatic heterocycles. The van der Waals surface area contributed by atoms with Crippen molar-refractivity contribution in [1.82, 2.24) is 0 Å². The Bertz CT molecular complexity index is 768. The van der Waals surface area contributed by atoms with Crippen molar-refractivity contribution >= 4 is 34.4 Å². The van der Waals surface area contributed by atoms with Crippen molar-refractivity contribution in [1.29, 1.82) is 0 Å². The molecule has 0 radical (unpaired) electrons. The fourth-order valence-electron chi connectivity index (χ4n) is 2.45. The van der Waals surface area contributed by atoms with Gasteiger partial charge in [-0.3, -0.25) is 9.59 Å². The third-order valence-corrected chi connectivity index (χ3v) is 5.18. The summed E-state index contributed by atoms with van der Waals surface area (Å²) >= 11 is 0. The number of carbonyl (C=O) groups excluding carboxylic acids is 2. The van der Waals surface area contributed by atoms with Crippen molar-refractivity contribution < 1.29 is 32.1 Å². The predicted octanol–water partition coefficient (Wildman–Crippen LogP) is 0.844. The minimum Gasteiger partial charge on any atom is -0.495 e. The maximum atomic E-state index is 11.9. The highest BCUT2D eigenvalue weighted by molar-refractivity contribution is 7.90. The number of hydrogen-bond donors (Lipinski definition) is 0. The van der Waals surface area contributed by atoms with E-state index in [1.807, 2.05) is 0 Å². The third-order valence-electron chi connectivity index (χ3n) is 4.07. The molecule has 0 aromatic heterocycles. The fraction of sp³-hybridized carbons (Fsp3) is 0.500. The van der Waals surface area contributed by atoms with E-state index in [0.29, 0.717) is 24.7 Å². The van der Waals surface area contributed by atoms with Crippen LogP contribution in [0.2, 0.25) is 0 Å². The van der Waals surface area contributed by atoms with Crippen LogP contribution in [0.4, 0.5) is 0 Å². The molecule has 0 unspecified atom stereocenters. The summed E-state index contributed by atoms with van der Waals surface area (Å²) in [6, 6.07) is 4.27. The van der Waals surface area contributed by atoms with Crippen LogP contribution in [-0.4, -0.2) is 40.3 Å². The lowest BCUT2D eigenvalue weighted by atomic mass is 9.77. The number of carbonyl (C=O) groups is 2. The van der Waals surface area contributed by atoms with Gasteiger partial charge in [0.25, 0.3) is 11.9 Å². The SMILES string of the molecule is CS(=O)(=O)c1ccc(OCC2CC2)c(B2OC(=O)CCCC(=O)O2)c1. The number of rotatable bonds is 5. The van der Waals surface area contributed by atoms with Crippen LogP contribution in [0.5, 0.6) is 5.75 Å². The van der Waals surface area contributed by atoms with Crippen molar-refractivity contribution in [3.8, 4) is 5.75 Å². The summed E-state index contributed by atoms with van der Waals surface area (Å²) in [5, 5.41) is 0. The van der Waals surface area contributed by atoms with Crippen LogP contribution in [0, 0.1) is 5.92 Å². The lowest BCUT2D eigenvalue weighted by molar-refractivity contribution is -0.142. The molecule has 1 saturated heterocycles. The van der Waals surface area contributed by atoms with Crippen LogP contribution in [0.1, 0.15) is 32.1 Å². The zero-order chi connectivity index (χ0) is 18.0. The molecule has 0 atom stereocenters. The average Bonchev–Trinajstić information content (AvgIpc) is 3.34. The molecule has 1 heterocycles. The Labute approximate surface area is 146 Å². The molecule has 134 valence electrons. The van der Waals surface area contributed by atoms with Gasteiger partial charge in [0.1, 0.15) is 5.75 Å². The summed E-state index contributed by atoms with van der Waals surface area (Å²) in [7, 11) is -4.79.